The summed E-state index contributed by atoms with van der Waals surface area (Å²) in [6, 6.07) is 2.23. The normalized spacial score (nSPS) is 10.2. The van der Waals surface area contributed by atoms with Gasteiger partial charge in [0.05, 0.1) is 0 Å². The van der Waals surface area contributed by atoms with Gasteiger partial charge in [0.25, 0.3) is 0 Å². The second kappa shape index (κ2) is 3.74. The molecule has 1 aromatic rings. The van der Waals surface area contributed by atoms with Crippen molar-refractivity contribution >= 4 is 11.3 Å². The number of hydrogen-bond donors (Lipinski definition) is 1. The first-order chi connectivity index (χ1) is 4.83. The van der Waals surface area contributed by atoms with Crippen molar-refractivity contribution in [3.05, 3.63) is 21.9 Å². The molecule has 1 N–H and O–H groups in total. The molecule has 1 heterocycles. The number of thiophene rings is 1. The van der Waals surface area contributed by atoms with Gasteiger partial charge < -0.3 is 5.32 Å². The quantitative estimate of drug-likeness (QED) is 0.705. The molecule has 0 amide bonds. The van der Waals surface area contributed by atoms with E-state index in [9.17, 15) is 0 Å². The molecule has 2 heteroatoms. The minimum Gasteiger partial charge on any atom is -0.313 e. The number of hydrogen-bond acceptors (Lipinski definition) is 2. The van der Waals surface area contributed by atoms with Crippen LogP contribution in [0, 0.1) is 6.92 Å². The summed E-state index contributed by atoms with van der Waals surface area (Å²) in [5.74, 6) is 0. The molecule has 10 heavy (non-hydrogen) atoms. The van der Waals surface area contributed by atoms with E-state index in [0.717, 1.165) is 13.1 Å². The predicted octanol–water partition coefficient (Wildman–Crippen LogP) is 2.17. The van der Waals surface area contributed by atoms with Crippen LogP contribution < -0.4 is 5.32 Å². The fourth-order valence-corrected chi connectivity index (χ4v) is 1.57. The largest absolute Gasteiger partial charge is 0.313 e. The van der Waals surface area contributed by atoms with Crippen LogP contribution in [0.25, 0.3) is 0 Å². The maximum absolute atomic E-state index is 3.28. The second-order valence-corrected chi connectivity index (χ2v) is 3.46. The third-order valence-corrected chi connectivity index (χ3v) is 2.27. The molecular formula is C8H13NS. The summed E-state index contributed by atoms with van der Waals surface area (Å²) in [5, 5.41) is 5.49. The van der Waals surface area contributed by atoms with Gasteiger partial charge in [0.1, 0.15) is 0 Å². The molecule has 0 spiro atoms. The van der Waals surface area contributed by atoms with Crippen molar-refractivity contribution in [2.45, 2.75) is 20.4 Å². The van der Waals surface area contributed by atoms with Crippen LogP contribution in [0.2, 0.25) is 0 Å². The molecule has 0 aliphatic carbocycles. The fourth-order valence-electron chi connectivity index (χ4n) is 0.860. The lowest BCUT2D eigenvalue weighted by Crippen LogP contribution is -2.10. The van der Waals surface area contributed by atoms with Gasteiger partial charge in [-0.3, -0.25) is 0 Å². The van der Waals surface area contributed by atoms with Crippen LogP contribution in [0.5, 0.6) is 0 Å². The van der Waals surface area contributed by atoms with E-state index >= 15 is 0 Å². The van der Waals surface area contributed by atoms with Crippen LogP contribution in [0.1, 0.15) is 17.4 Å². The SMILES string of the molecule is CCNCc1csc(C)c1. The van der Waals surface area contributed by atoms with E-state index in [4.69, 9.17) is 0 Å². The molecule has 0 aliphatic rings. The zero-order chi connectivity index (χ0) is 7.40. The molecule has 1 rings (SSSR count). The van der Waals surface area contributed by atoms with Crippen molar-refractivity contribution in [2.24, 2.45) is 0 Å². The smallest absolute Gasteiger partial charge is 0.0213 e. The monoisotopic (exact) mass is 155 g/mol. The number of aryl methyl sites for hydroxylation is 1. The van der Waals surface area contributed by atoms with Crippen molar-refractivity contribution in [1.82, 2.24) is 5.32 Å². The van der Waals surface area contributed by atoms with E-state index in [-0.39, 0.29) is 0 Å². The van der Waals surface area contributed by atoms with Gasteiger partial charge in [0.2, 0.25) is 0 Å². The van der Waals surface area contributed by atoms with Crippen LogP contribution in [-0.2, 0) is 6.54 Å². The van der Waals surface area contributed by atoms with Gasteiger partial charge in [-0.2, -0.15) is 0 Å². The van der Waals surface area contributed by atoms with Crippen LogP contribution in [0.4, 0.5) is 0 Å². The Hall–Kier alpha value is -0.340. The van der Waals surface area contributed by atoms with Crippen LogP contribution >= 0.6 is 11.3 Å². The predicted molar refractivity (Wildman–Crippen MR) is 46.4 cm³/mol. The lowest BCUT2D eigenvalue weighted by atomic mass is 10.3. The highest BCUT2D eigenvalue weighted by molar-refractivity contribution is 7.10. The Morgan fingerprint density at radius 3 is 2.90 bits per heavy atom. The van der Waals surface area contributed by atoms with Gasteiger partial charge in [0, 0.05) is 11.4 Å². The van der Waals surface area contributed by atoms with Gasteiger partial charge in [-0.25, -0.2) is 0 Å². The first-order valence-corrected chi connectivity index (χ1v) is 4.45. The molecular weight excluding hydrogens is 142 g/mol. The Bertz CT molecular complexity index is 193. The highest BCUT2D eigenvalue weighted by Crippen LogP contribution is 2.12. The Labute approximate surface area is 66.1 Å². The maximum atomic E-state index is 3.28. The van der Waals surface area contributed by atoms with Crippen molar-refractivity contribution < 1.29 is 0 Å². The topological polar surface area (TPSA) is 12.0 Å². The van der Waals surface area contributed by atoms with Gasteiger partial charge >= 0.3 is 0 Å². The van der Waals surface area contributed by atoms with Crippen molar-refractivity contribution in [1.29, 1.82) is 0 Å². The number of nitrogens with one attached hydrogen (secondary N) is 1. The van der Waals surface area contributed by atoms with E-state index in [0.29, 0.717) is 0 Å². The Kier molecular flexibility index (Phi) is 2.90. The molecule has 0 saturated carbocycles. The van der Waals surface area contributed by atoms with Crippen LogP contribution in [-0.4, -0.2) is 6.54 Å². The first kappa shape index (κ1) is 7.76. The summed E-state index contributed by atoms with van der Waals surface area (Å²) < 4.78 is 0. The van der Waals surface area contributed by atoms with Gasteiger partial charge in [-0.15, -0.1) is 11.3 Å². The minimum atomic E-state index is 1.01. The Balaban J connectivity index is 2.42. The molecule has 0 atom stereocenters. The first-order valence-electron chi connectivity index (χ1n) is 3.57. The summed E-state index contributed by atoms with van der Waals surface area (Å²) in [5.41, 5.74) is 1.41. The lowest BCUT2D eigenvalue weighted by Gasteiger charge is -1.95. The van der Waals surface area contributed by atoms with Crippen molar-refractivity contribution in [3.8, 4) is 0 Å². The van der Waals surface area contributed by atoms with Gasteiger partial charge in [-0.05, 0) is 30.5 Å². The van der Waals surface area contributed by atoms with E-state index in [2.05, 4.69) is 30.6 Å². The average molecular weight is 155 g/mol. The summed E-state index contributed by atoms with van der Waals surface area (Å²) in [6.45, 7) is 6.33. The lowest BCUT2D eigenvalue weighted by molar-refractivity contribution is 0.728. The average Bonchev–Trinajstić information content (AvgIpc) is 2.31. The second-order valence-electron chi connectivity index (χ2n) is 2.35. The van der Waals surface area contributed by atoms with E-state index in [1.54, 1.807) is 0 Å². The summed E-state index contributed by atoms with van der Waals surface area (Å²) in [4.78, 5) is 1.40. The van der Waals surface area contributed by atoms with Crippen LogP contribution in [0.3, 0.4) is 0 Å². The fraction of sp³-hybridized carbons (Fsp3) is 0.500. The molecule has 0 aliphatic heterocycles. The third-order valence-electron chi connectivity index (χ3n) is 1.36. The highest BCUT2D eigenvalue weighted by atomic mass is 32.1. The van der Waals surface area contributed by atoms with Crippen LogP contribution in [0.15, 0.2) is 11.4 Å². The zero-order valence-corrected chi connectivity index (χ0v) is 7.29. The van der Waals surface area contributed by atoms with Crippen molar-refractivity contribution in [2.75, 3.05) is 6.54 Å². The summed E-state index contributed by atoms with van der Waals surface area (Å²) >= 11 is 1.81. The molecule has 0 aromatic carbocycles. The number of rotatable bonds is 3. The third kappa shape index (κ3) is 2.12. The molecule has 0 radical (unpaired) electrons. The molecule has 0 saturated heterocycles. The van der Waals surface area contributed by atoms with E-state index < -0.39 is 0 Å². The molecule has 56 valence electrons. The van der Waals surface area contributed by atoms with E-state index in [1.807, 2.05) is 11.3 Å². The minimum absolute atomic E-state index is 1.01. The van der Waals surface area contributed by atoms with Crippen molar-refractivity contribution in [3.63, 3.8) is 0 Å². The maximum Gasteiger partial charge on any atom is 0.0213 e. The molecule has 0 bridgehead atoms. The summed E-state index contributed by atoms with van der Waals surface area (Å²) in [6.07, 6.45) is 0. The molecule has 0 unspecified atom stereocenters. The van der Waals surface area contributed by atoms with Gasteiger partial charge in [0.15, 0.2) is 0 Å². The highest BCUT2D eigenvalue weighted by Gasteiger charge is 1.92. The van der Waals surface area contributed by atoms with Gasteiger partial charge in [-0.1, -0.05) is 6.92 Å². The molecule has 1 nitrogen and oxygen atoms in total. The molecule has 1 aromatic heterocycles. The standard InChI is InChI=1S/C8H13NS/c1-3-9-5-8-4-7(2)10-6-8/h4,6,9H,3,5H2,1-2H3. The Morgan fingerprint density at radius 2 is 2.40 bits per heavy atom. The Morgan fingerprint density at radius 1 is 1.60 bits per heavy atom. The summed E-state index contributed by atoms with van der Waals surface area (Å²) in [7, 11) is 0. The zero-order valence-electron chi connectivity index (χ0n) is 6.48. The van der Waals surface area contributed by atoms with E-state index in [1.165, 1.54) is 10.4 Å². The molecule has 0 fully saturated rings.